The predicted molar refractivity (Wildman–Crippen MR) is 108 cm³/mol. The molecule has 1 atom stereocenters. The van der Waals surface area contributed by atoms with Crippen molar-refractivity contribution in [2.75, 3.05) is 19.0 Å². The fourth-order valence-corrected chi connectivity index (χ4v) is 3.84. The number of nitrogens with zero attached hydrogens (tertiary/aromatic N) is 1. The second-order valence-corrected chi connectivity index (χ2v) is 7.56. The highest BCUT2D eigenvalue weighted by molar-refractivity contribution is 9.09. The number of ether oxygens (including phenoxy) is 1. The molecule has 0 radical (unpaired) electrons. The van der Waals surface area contributed by atoms with E-state index in [0.717, 1.165) is 35.9 Å². The van der Waals surface area contributed by atoms with E-state index in [1.165, 1.54) is 7.05 Å². The SMILES string of the molecule is CNC(=O)C(CCC=O)N1C(=O)C2=C(C1=O)C(OCCCCCCBr)=CCC2. The third-order valence-electron chi connectivity index (χ3n) is 4.89. The predicted octanol–water partition coefficient (Wildman–Crippen LogP) is 2.40. The van der Waals surface area contributed by atoms with E-state index in [1.807, 2.05) is 6.08 Å². The van der Waals surface area contributed by atoms with Gasteiger partial charge in [-0.3, -0.25) is 19.3 Å². The van der Waals surface area contributed by atoms with Crippen molar-refractivity contribution in [3.8, 4) is 0 Å². The number of rotatable bonds is 12. The van der Waals surface area contributed by atoms with Crippen LogP contribution in [0.25, 0.3) is 0 Å². The van der Waals surface area contributed by atoms with Gasteiger partial charge in [-0.2, -0.15) is 0 Å². The van der Waals surface area contributed by atoms with Gasteiger partial charge < -0.3 is 14.8 Å². The van der Waals surface area contributed by atoms with Crippen LogP contribution in [0, 0.1) is 0 Å². The van der Waals surface area contributed by atoms with Gasteiger partial charge in [0.25, 0.3) is 11.8 Å². The summed E-state index contributed by atoms with van der Waals surface area (Å²) >= 11 is 3.40. The van der Waals surface area contributed by atoms with Crippen LogP contribution >= 0.6 is 15.9 Å². The van der Waals surface area contributed by atoms with Crippen molar-refractivity contribution in [3.63, 3.8) is 0 Å². The van der Waals surface area contributed by atoms with Gasteiger partial charge in [-0.05, 0) is 38.2 Å². The van der Waals surface area contributed by atoms with Crippen LogP contribution in [0.15, 0.2) is 23.0 Å². The van der Waals surface area contributed by atoms with Crippen LogP contribution in [-0.4, -0.2) is 53.9 Å². The lowest BCUT2D eigenvalue weighted by Crippen LogP contribution is -2.49. The summed E-state index contributed by atoms with van der Waals surface area (Å²) in [5, 5.41) is 3.46. The summed E-state index contributed by atoms with van der Waals surface area (Å²) in [4.78, 5) is 49.9. The molecule has 0 fully saturated rings. The molecule has 8 heteroatoms. The molecule has 1 N–H and O–H groups in total. The second-order valence-electron chi connectivity index (χ2n) is 6.77. The monoisotopic (exact) mass is 454 g/mol. The Morgan fingerprint density at radius 3 is 2.71 bits per heavy atom. The number of likely N-dealkylation sites (N-methyl/N-ethyl adjacent to an activating group) is 1. The minimum atomic E-state index is -0.994. The van der Waals surface area contributed by atoms with Crippen molar-refractivity contribution in [1.29, 1.82) is 0 Å². The molecule has 3 amide bonds. The van der Waals surface area contributed by atoms with Crippen molar-refractivity contribution in [2.24, 2.45) is 0 Å². The topological polar surface area (TPSA) is 92.8 Å². The fraction of sp³-hybridized carbons (Fsp3) is 0.600. The molecule has 1 heterocycles. The minimum absolute atomic E-state index is 0.0907. The van der Waals surface area contributed by atoms with E-state index in [2.05, 4.69) is 21.2 Å². The number of carbonyl (C=O) groups excluding carboxylic acids is 4. The van der Waals surface area contributed by atoms with Crippen molar-refractivity contribution >= 4 is 39.9 Å². The van der Waals surface area contributed by atoms with E-state index in [-0.39, 0.29) is 18.4 Å². The van der Waals surface area contributed by atoms with E-state index in [0.29, 0.717) is 37.1 Å². The number of hydrogen-bond acceptors (Lipinski definition) is 5. The largest absolute Gasteiger partial charge is 0.493 e. The summed E-state index contributed by atoms with van der Waals surface area (Å²) in [5.41, 5.74) is 0.679. The maximum Gasteiger partial charge on any atom is 0.265 e. The van der Waals surface area contributed by atoms with Gasteiger partial charge in [-0.25, -0.2) is 0 Å². The molecule has 28 heavy (non-hydrogen) atoms. The highest BCUT2D eigenvalue weighted by atomic mass is 79.9. The Kier molecular flexibility index (Phi) is 8.89. The van der Waals surface area contributed by atoms with E-state index in [9.17, 15) is 19.2 Å². The molecule has 2 rings (SSSR count). The number of unbranched alkanes of at least 4 members (excludes halogenated alkanes) is 3. The van der Waals surface area contributed by atoms with Crippen LogP contribution in [0.4, 0.5) is 0 Å². The number of amides is 3. The number of allylic oxidation sites excluding steroid dienone is 1. The lowest BCUT2D eigenvalue weighted by molar-refractivity contribution is -0.146. The second kappa shape index (κ2) is 11.1. The standard InChI is InChI=1S/C20H27BrN2O5/c1-22-18(25)15(9-7-12-24)23-19(26)14-8-6-10-16(17(14)20(23)27)28-13-5-3-2-4-11-21/h10,12,15H,2-9,11,13H2,1H3,(H,22,25). The molecule has 2 aliphatic rings. The first-order chi connectivity index (χ1) is 13.6. The summed E-state index contributed by atoms with van der Waals surface area (Å²) in [5.74, 6) is -0.981. The van der Waals surface area contributed by atoms with Gasteiger partial charge in [0.05, 0.1) is 12.2 Å². The van der Waals surface area contributed by atoms with Crippen LogP contribution < -0.4 is 5.32 Å². The average Bonchev–Trinajstić information content (AvgIpc) is 2.96. The molecule has 1 aliphatic carbocycles. The van der Waals surface area contributed by atoms with Crippen LogP contribution in [-0.2, 0) is 23.9 Å². The maximum atomic E-state index is 13.0. The summed E-state index contributed by atoms with van der Waals surface area (Å²) in [6.07, 6.45) is 7.91. The Hall–Kier alpha value is -1.96. The molecule has 0 bridgehead atoms. The summed E-state index contributed by atoms with van der Waals surface area (Å²) < 4.78 is 5.83. The number of nitrogens with one attached hydrogen (secondary N) is 1. The van der Waals surface area contributed by atoms with Gasteiger partial charge >= 0.3 is 0 Å². The number of alkyl halides is 1. The zero-order chi connectivity index (χ0) is 20.5. The first-order valence-corrected chi connectivity index (χ1v) is 10.8. The first-order valence-electron chi connectivity index (χ1n) is 9.72. The number of hydrogen-bond donors (Lipinski definition) is 1. The molecular formula is C20H27BrN2O5. The van der Waals surface area contributed by atoms with Gasteiger partial charge in [0.15, 0.2) is 0 Å². The van der Waals surface area contributed by atoms with Crippen LogP contribution in [0.2, 0.25) is 0 Å². The van der Waals surface area contributed by atoms with Gasteiger partial charge in [0.2, 0.25) is 5.91 Å². The van der Waals surface area contributed by atoms with E-state index in [1.54, 1.807) is 0 Å². The Labute approximate surface area is 173 Å². The Balaban J connectivity index is 2.09. The Morgan fingerprint density at radius 1 is 1.29 bits per heavy atom. The minimum Gasteiger partial charge on any atom is -0.493 e. The molecule has 0 aromatic carbocycles. The van der Waals surface area contributed by atoms with Gasteiger partial charge in [-0.1, -0.05) is 28.8 Å². The zero-order valence-electron chi connectivity index (χ0n) is 16.2. The molecular weight excluding hydrogens is 428 g/mol. The molecule has 0 saturated carbocycles. The molecule has 1 aliphatic heterocycles. The van der Waals surface area contributed by atoms with Crippen molar-refractivity contribution < 1.29 is 23.9 Å². The molecule has 0 spiro atoms. The number of imide groups is 1. The van der Waals surface area contributed by atoms with Gasteiger partial charge in [0, 0.05) is 24.4 Å². The number of carbonyl (C=O) groups is 4. The average molecular weight is 455 g/mol. The summed E-state index contributed by atoms with van der Waals surface area (Å²) in [6.45, 7) is 0.483. The third kappa shape index (κ3) is 5.10. The lowest BCUT2D eigenvalue weighted by atomic mass is 9.98. The number of halogens is 1. The quantitative estimate of drug-likeness (QED) is 0.211. The van der Waals surface area contributed by atoms with Crippen LogP contribution in [0.1, 0.15) is 51.4 Å². The zero-order valence-corrected chi connectivity index (χ0v) is 17.8. The smallest absolute Gasteiger partial charge is 0.265 e. The van der Waals surface area contributed by atoms with Crippen molar-refractivity contribution in [1.82, 2.24) is 10.2 Å². The first kappa shape index (κ1) is 22.3. The molecule has 7 nitrogen and oxygen atoms in total. The summed E-state index contributed by atoms with van der Waals surface area (Å²) in [6, 6.07) is -0.994. The highest BCUT2D eigenvalue weighted by Crippen LogP contribution is 2.36. The van der Waals surface area contributed by atoms with Gasteiger partial charge in [-0.15, -0.1) is 0 Å². The fourth-order valence-electron chi connectivity index (χ4n) is 3.45. The maximum absolute atomic E-state index is 13.0. The van der Waals surface area contributed by atoms with Crippen LogP contribution in [0.5, 0.6) is 0 Å². The van der Waals surface area contributed by atoms with Crippen molar-refractivity contribution in [2.45, 2.75) is 57.4 Å². The molecule has 1 unspecified atom stereocenters. The van der Waals surface area contributed by atoms with Gasteiger partial charge in [0.1, 0.15) is 18.1 Å². The van der Waals surface area contributed by atoms with Crippen molar-refractivity contribution in [3.05, 3.63) is 23.0 Å². The molecule has 154 valence electrons. The normalized spacial score (nSPS) is 17.4. The number of aldehydes is 1. The Bertz CT molecular complexity index is 686. The lowest BCUT2D eigenvalue weighted by Gasteiger charge is -2.25. The van der Waals surface area contributed by atoms with E-state index in [4.69, 9.17) is 4.74 Å². The van der Waals surface area contributed by atoms with E-state index < -0.39 is 23.8 Å². The van der Waals surface area contributed by atoms with Crippen LogP contribution in [0.3, 0.4) is 0 Å². The highest BCUT2D eigenvalue weighted by Gasteiger charge is 2.46. The summed E-state index contributed by atoms with van der Waals surface area (Å²) in [7, 11) is 1.44. The molecule has 0 saturated heterocycles. The third-order valence-corrected chi connectivity index (χ3v) is 5.45. The van der Waals surface area contributed by atoms with E-state index >= 15 is 0 Å². The molecule has 0 aromatic heterocycles. The Morgan fingerprint density at radius 2 is 2.04 bits per heavy atom. The molecule has 0 aromatic rings.